The highest BCUT2D eigenvalue weighted by molar-refractivity contribution is 5.83. The van der Waals surface area contributed by atoms with E-state index in [4.69, 9.17) is 5.73 Å². The molecule has 0 bridgehead atoms. The summed E-state index contributed by atoms with van der Waals surface area (Å²) in [5.41, 5.74) is 6.86. The van der Waals surface area contributed by atoms with Crippen LogP contribution in [0.25, 0.3) is 0 Å². The summed E-state index contributed by atoms with van der Waals surface area (Å²) in [6, 6.07) is 5.78. The molecule has 0 aromatic heterocycles. The Labute approximate surface area is 118 Å². The number of nitrogens with zero attached hydrogens (tertiary/aromatic N) is 1. The Balaban J connectivity index is 1.90. The topological polar surface area (TPSA) is 46.3 Å². The van der Waals surface area contributed by atoms with Gasteiger partial charge in [0.15, 0.2) is 0 Å². The number of hydrogen-bond donors (Lipinski definition) is 1. The number of amides is 1. The third-order valence-electron chi connectivity index (χ3n) is 4.01. The zero-order valence-corrected chi connectivity index (χ0v) is 11.3. The van der Waals surface area contributed by atoms with E-state index in [1.54, 1.807) is 12.1 Å². The maximum absolute atomic E-state index is 13.1. The molecule has 0 saturated heterocycles. The average Bonchev–Trinajstić information content (AvgIpc) is 3.26. The van der Waals surface area contributed by atoms with Crippen LogP contribution >= 0.6 is 0 Å². The SMILES string of the molecule is N[C@H]1CC=C[C@@H](c2ccc(F)cc2)N(CC2CC2)C1=O. The molecule has 3 nitrogen and oxygen atoms in total. The van der Waals surface area contributed by atoms with Crippen molar-refractivity contribution in [2.75, 3.05) is 6.54 Å². The lowest BCUT2D eigenvalue weighted by Gasteiger charge is -2.30. The van der Waals surface area contributed by atoms with Gasteiger partial charge in [-0.3, -0.25) is 4.79 Å². The highest BCUT2D eigenvalue weighted by Crippen LogP contribution is 2.34. The molecule has 1 aliphatic carbocycles. The summed E-state index contributed by atoms with van der Waals surface area (Å²) in [6.07, 6.45) is 6.90. The number of nitrogens with two attached hydrogens (primary N) is 1. The molecule has 20 heavy (non-hydrogen) atoms. The van der Waals surface area contributed by atoms with Gasteiger partial charge >= 0.3 is 0 Å². The van der Waals surface area contributed by atoms with Crippen LogP contribution in [0.4, 0.5) is 4.39 Å². The minimum Gasteiger partial charge on any atom is -0.331 e. The van der Waals surface area contributed by atoms with Crippen molar-refractivity contribution in [3.63, 3.8) is 0 Å². The number of rotatable bonds is 3. The normalized spacial score (nSPS) is 26.7. The molecule has 0 spiro atoms. The standard InChI is InChI=1S/C16H19FN2O/c17-13-8-6-12(7-9-13)15-3-1-2-14(18)16(20)19(15)10-11-4-5-11/h1,3,6-9,11,14-15H,2,4-5,10,18H2/t14-,15-/m0/s1. The first-order chi connectivity index (χ1) is 9.65. The summed E-state index contributed by atoms with van der Waals surface area (Å²) in [6.45, 7) is 0.749. The minimum absolute atomic E-state index is 0.00350. The van der Waals surface area contributed by atoms with Gasteiger partial charge in [-0.25, -0.2) is 4.39 Å². The van der Waals surface area contributed by atoms with Gasteiger partial charge in [-0.2, -0.15) is 0 Å². The Bertz CT molecular complexity index is 522. The third kappa shape index (κ3) is 2.75. The van der Waals surface area contributed by atoms with Gasteiger partial charge in [-0.15, -0.1) is 0 Å². The van der Waals surface area contributed by atoms with Crippen molar-refractivity contribution in [2.45, 2.75) is 31.3 Å². The highest BCUT2D eigenvalue weighted by atomic mass is 19.1. The maximum Gasteiger partial charge on any atom is 0.240 e. The van der Waals surface area contributed by atoms with E-state index in [1.807, 2.05) is 17.1 Å². The maximum atomic E-state index is 13.1. The van der Waals surface area contributed by atoms with Crippen LogP contribution in [0, 0.1) is 11.7 Å². The molecule has 0 radical (unpaired) electrons. The van der Waals surface area contributed by atoms with Crippen LogP contribution < -0.4 is 5.73 Å². The van der Waals surface area contributed by atoms with Crippen molar-refractivity contribution in [3.05, 3.63) is 47.8 Å². The van der Waals surface area contributed by atoms with Gasteiger partial charge < -0.3 is 10.6 Å². The van der Waals surface area contributed by atoms with Gasteiger partial charge in [-0.1, -0.05) is 24.3 Å². The molecule has 1 amide bonds. The molecule has 4 heteroatoms. The first-order valence-corrected chi connectivity index (χ1v) is 7.13. The lowest BCUT2D eigenvalue weighted by Crippen LogP contribution is -2.44. The van der Waals surface area contributed by atoms with E-state index in [0.717, 1.165) is 12.1 Å². The molecule has 1 saturated carbocycles. The summed E-state index contributed by atoms with van der Waals surface area (Å²) in [7, 11) is 0. The van der Waals surface area contributed by atoms with Crippen LogP contribution in [0.15, 0.2) is 36.4 Å². The molecule has 1 aliphatic heterocycles. The van der Waals surface area contributed by atoms with E-state index in [0.29, 0.717) is 12.3 Å². The van der Waals surface area contributed by atoms with E-state index in [2.05, 4.69) is 0 Å². The molecule has 2 aliphatic rings. The van der Waals surface area contributed by atoms with E-state index in [1.165, 1.54) is 25.0 Å². The molecule has 3 rings (SSSR count). The number of benzene rings is 1. The van der Waals surface area contributed by atoms with Crippen molar-refractivity contribution in [1.29, 1.82) is 0 Å². The second-order valence-corrected chi connectivity index (χ2v) is 5.70. The fraction of sp³-hybridized carbons (Fsp3) is 0.438. The first-order valence-electron chi connectivity index (χ1n) is 7.13. The van der Waals surface area contributed by atoms with Crippen molar-refractivity contribution in [3.8, 4) is 0 Å². The highest BCUT2D eigenvalue weighted by Gasteiger charge is 2.34. The van der Waals surface area contributed by atoms with Crippen LogP contribution in [-0.4, -0.2) is 23.4 Å². The molecule has 1 fully saturated rings. The lowest BCUT2D eigenvalue weighted by atomic mass is 10.0. The van der Waals surface area contributed by atoms with Crippen LogP contribution in [0.3, 0.4) is 0 Å². The van der Waals surface area contributed by atoms with Gasteiger partial charge in [0.1, 0.15) is 5.82 Å². The predicted octanol–water partition coefficient (Wildman–Crippen LogP) is 2.39. The minimum atomic E-state index is -0.463. The zero-order chi connectivity index (χ0) is 14.1. The van der Waals surface area contributed by atoms with E-state index in [-0.39, 0.29) is 17.8 Å². The molecular weight excluding hydrogens is 255 g/mol. The summed E-state index contributed by atoms with van der Waals surface area (Å²) < 4.78 is 13.1. The molecule has 1 heterocycles. The van der Waals surface area contributed by atoms with Crippen LogP contribution in [-0.2, 0) is 4.79 Å². The number of hydrogen-bond acceptors (Lipinski definition) is 2. The fourth-order valence-electron chi connectivity index (χ4n) is 2.64. The van der Waals surface area contributed by atoms with Gasteiger partial charge in [-0.05, 0) is 42.9 Å². The van der Waals surface area contributed by atoms with Gasteiger partial charge in [0, 0.05) is 6.54 Å². The molecule has 1 aromatic carbocycles. The Kier molecular flexibility index (Phi) is 3.57. The van der Waals surface area contributed by atoms with Crippen molar-refractivity contribution in [1.82, 2.24) is 4.90 Å². The Morgan fingerprint density at radius 3 is 2.60 bits per heavy atom. The Morgan fingerprint density at radius 1 is 1.25 bits per heavy atom. The monoisotopic (exact) mass is 274 g/mol. The molecular formula is C16H19FN2O. The quantitative estimate of drug-likeness (QED) is 0.860. The lowest BCUT2D eigenvalue weighted by molar-refractivity contribution is -0.134. The molecule has 0 unspecified atom stereocenters. The summed E-state index contributed by atoms with van der Waals surface area (Å²) >= 11 is 0. The van der Waals surface area contributed by atoms with Gasteiger partial charge in [0.05, 0.1) is 12.1 Å². The number of halogens is 1. The molecule has 106 valence electrons. The third-order valence-corrected chi connectivity index (χ3v) is 4.01. The van der Waals surface area contributed by atoms with E-state index < -0.39 is 6.04 Å². The Hall–Kier alpha value is -1.68. The van der Waals surface area contributed by atoms with Crippen LogP contribution in [0.1, 0.15) is 30.9 Å². The average molecular weight is 274 g/mol. The van der Waals surface area contributed by atoms with E-state index >= 15 is 0 Å². The second-order valence-electron chi connectivity index (χ2n) is 5.70. The van der Waals surface area contributed by atoms with E-state index in [9.17, 15) is 9.18 Å². The number of carbonyl (C=O) groups excluding carboxylic acids is 1. The van der Waals surface area contributed by atoms with Gasteiger partial charge in [0.2, 0.25) is 5.91 Å². The second kappa shape index (κ2) is 5.37. The van der Waals surface area contributed by atoms with Crippen LogP contribution in [0.5, 0.6) is 0 Å². The smallest absolute Gasteiger partial charge is 0.240 e. The predicted molar refractivity (Wildman–Crippen MR) is 75.3 cm³/mol. The van der Waals surface area contributed by atoms with Gasteiger partial charge in [0.25, 0.3) is 0 Å². The van der Waals surface area contributed by atoms with Crippen molar-refractivity contribution >= 4 is 5.91 Å². The molecule has 1 aromatic rings. The van der Waals surface area contributed by atoms with Crippen molar-refractivity contribution in [2.24, 2.45) is 11.7 Å². The summed E-state index contributed by atoms with van der Waals surface area (Å²) in [5.74, 6) is 0.333. The fourth-order valence-corrected chi connectivity index (χ4v) is 2.64. The summed E-state index contributed by atoms with van der Waals surface area (Å²) in [4.78, 5) is 14.3. The Morgan fingerprint density at radius 2 is 1.95 bits per heavy atom. The number of carbonyl (C=O) groups is 1. The zero-order valence-electron chi connectivity index (χ0n) is 11.3. The summed E-state index contributed by atoms with van der Waals surface area (Å²) in [5, 5.41) is 0. The largest absolute Gasteiger partial charge is 0.331 e. The van der Waals surface area contributed by atoms with Crippen LogP contribution in [0.2, 0.25) is 0 Å². The molecule has 2 atom stereocenters. The molecule has 2 N–H and O–H groups in total. The first kappa shape index (κ1) is 13.3. The van der Waals surface area contributed by atoms with Crippen molar-refractivity contribution < 1.29 is 9.18 Å².